The van der Waals surface area contributed by atoms with Gasteiger partial charge in [0.1, 0.15) is 0 Å². The second kappa shape index (κ2) is 10.4. The van der Waals surface area contributed by atoms with E-state index in [1.165, 1.54) is 27.9 Å². The highest BCUT2D eigenvalue weighted by Gasteiger charge is 2.21. The summed E-state index contributed by atoms with van der Waals surface area (Å²) in [5, 5.41) is 3.32. The lowest BCUT2D eigenvalue weighted by molar-refractivity contribution is -0.120. The number of carbonyl (C=O) groups excluding carboxylic acids is 1. The predicted octanol–water partition coefficient (Wildman–Crippen LogP) is 6.02. The van der Waals surface area contributed by atoms with Crippen molar-refractivity contribution < 1.29 is 4.79 Å². The number of hydrogen-bond acceptors (Lipinski definition) is 3. The predicted molar refractivity (Wildman–Crippen MR) is 146 cm³/mol. The third kappa shape index (κ3) is 5.18. The number of pyridine rings is 1. The molecule has 1 aliphatic rings. The number of carbonyl (C=O) groups is 1. The van der Waals surface area contributed by atoms with E-state index >= 15 is 0 Å². The van der Waals surface area contributed by atoms with E-state index < -0.39 is 0 Å². The Labute approximate surface area is 214 Å². The Morgan fingerprint density at radius 1 is 0.944 bits per heavy atom. The van der Waals surface area contributed by atoms with Gasteiger partial charge in [-0.05, 0) is 72.7 Å². The van der Waals surface area contributed by atoms with Crippen LogP contribution in [0.2, 0.25) is 0 Å². The van der Waals surface area contributed by atoms with Gasteiger partial charge in [-0.1, -0.05) is 72.3 Å². The van der Waals surface area contributed by atoms with Gasteiger partial charge in [0.05, 0.1) is 23.8 Å². The van der Waals surface area contributed by atoms with E-state index in [0.717, 1.165) is 41.9 Å². The van der Waals surface area contributed by atoms with Crippen LogP contribution in [0.5, 0.6) is 0 Å². The normalized spacial score (nSPS) is 13.7. The number of anilines is 1. The summed E-state index contributed by atoms with van der Waals surface area (Å²) < 4.78 is 0. The Balaban J connectivity index is 1.32. The molecule has 1 aromatic heterocycles. The number of nitrogens with zero attached hydrogens (tertiary/aromatic N) is 2. The molecule has 36 heavy (non-hydrogen) atoms. The molecular weight excluding hydrogens is 442 g/mol. The third-order valence-electron chi connectivity index (χ3n) is 7.14. The van der Waals surface area contributed by atoms with E-state index in [2.05, 4.69) is 90.6 Å². The lowest BCUT2D eigenvalue weighted by Crippen LogP contribution is -2.32. The largest absolute Gasteiger partial charge is 0.365 e. The minimum atomic E-state index is -0.173. The second-order valence-corrected chi connectivity index (χ2v) is 9.83. The molecule has 5 rings (SSSR count). The zero-order valence-electron chi connectivity index (χ0n) is 21.3. The van der Waals surface area contributed by atoms with Crippen molar-refractivity contribution in [3.05, 3.63) is 130 Å². The van der Waals surface area contributed by atoms with Crippen LogP contribution in [0.3, 0.4) is 0 Å². The smallest absolute Gasteiger partial charge is 0.225 e. The standard InChI is InChI=1S/C32H33N3O/c1-22-11-14-29(23(2)18-22)32(26-8-5-4-6-9-26)34-31(36)20-25-12-13-28-21-35(17-15-27(28)19-25)30-10-7-16-33-24(30)3/h4-14,16,18-19,32H,15,17,20-21H2,1-3H3,(H,34,36). The number of amides is 1. The fourth-order valence-corrected chi connectivity index (χ4v) is 5.26. The SMILES string of the molecule is Cc1ccc(C(NC(=O)Cc2ccc3c(c2)CCN(c2cccnc2C)C3)c2ccccc2)c(C)c1. The molecule has 2 heterocycles. The highest BCUT2D eigenvalue weighted by atomic mass is 16.1. The van der Waals surface area contributed by atoms with Gasteiger partial charge in [0.15, 0.2) is 0 Å². The summed E-state index contributed by atoms with van der Waals surface area (Å²) in [6.07, 6.45) is 3.18. The average molecular weight is 476 g/mol. The zero-order valence-corrected chi connectivity index (χ0v) is 21.3. The van der Waals surface area contributed by atoms with Gasteiger partial charge in [0, 0.05) is 19.3 Å². The molecule has 4 heteroatoms. The number of aromatic nitrogens is 1. The van der Waals surface area contributed by atoms with Crippen LogP contribution in [0.15, 0.2) is 85.1 Å². The monoisotopic (exact) mass is 475 g/mol. The molecule has 3 aromatic carbocycles. The molecule has 1 N–H and O–H groups in total. The van der Waals surface area contributed by atoms with Gasteiger partial charge in [-0.3, -0.25) is 9.78 Å². The van der Waals surface area contributed by atoms with Gasteiger partial charge in [0.2, 0.25) is 5.91 Å². The van der Waals surface area contributed by atoms with E-state index in [0.29, 0.717) is 6.42 Å². The van der Waals surface area contributed by atoms with Crippen molar-refractivity contribution in [1.82, 2.24) is 10.3 Å². The number of rotatable bonds is 6. The van der Waals surface area contributed by atoms with Crippen LogP contribution in [0.1, 0.15) is 50.7 Å². The minimum absolute atomic E-state index is 0.0344. The first-order valence-electron chi connectivity index (χ1n) is 12.7. The Kier molecular flexibility index (Phi) is 6.86. The van der Waals surface area contributed by atoms with Crippen molar-refractivity contribution in [2.75, 3.05) is 11.4 Å². The van der Waals surface area contributed by atoms with E-state index in [4.69, 9.17) is 0 Å². The van der Waals surface area contributed by atoms with Crippen LogP contribution in [0.25, 0.3) is 0 Å². The molecule has 0 aliphatic carbocycles. The highest BCUT2D eigenvalue weighted by molar-refractivity contribution is 5.79. The van der Waals surface area contributed by atoms with Gasteiger partial charge >= 0.3 is 0 Å². The van der Waals surface area contributed by atoms with E-state index in [9.17, 15) is 4.79 Å². The maximum Gasteiger partial charge on any atom is 0.225 e. The molecule has 0 saturated heterocycles. The summed E-state index contributed by atoms with van der Waals surface area (Å²) in [4.78, 5) is 20.1. The Hall–Kier alpha value is -3.92. The summed E-state index contributed by atoms with van der Waals surface area (Å²) in [6.45, 7) is 8.10. The lowest BCUT2D eigenvalue weighted by atomic mass is 9.93. The van der Waals surface area contributed by atoms with Gasteiger partial charge in [-0.25, -0.2) is 0 Å². The molecule has 0 bridgehead atoms. The summed E-state index contributed by atoms with van der Waals surface area (Å²) in [5.41, 5.74) is 10.6. The van der Waals surface area contributed by atoms with Crippen molar-refractivity contribution in [1.29, 1.82) is 0 Å². The number of fused-ring (bicyclic) bond motifs is 1. The van der Waals surface area contributed by atoms with Crippen molar-refractivity contribution in [2.45, 2.75) is 46.2 Å². The second-order valence-electron chi connectivity index (χ2n) is 9.83. The fourth-order valence-electron chi connectivity index (χ4n) is 5.26. The molecule has 1 aliphatic heterocycles. The zero-order chi connectivity index (χ0) is 25.1. The van der Waals surface area contributed by atoms with Crippen LogP contribution in [-0.2, 0) is 24.2 Å². The van der Waals surface area contributed by atoms with Crippen LogP contribution in [-0.4, -0.2) is 17.4 Å². The fraction of sp³-hybridized carbons (Fsp3) is 0.250. The summed E-state index contributed by atoms with van der Waals surface area (Å²) >= 11 is 0. The maximum absolute atomic E-state index is 13.3. The van der Waals surface area contributed by atoms with E-state index in [-0.39, 0.29) is 11.9 Å². The first-order chi connectivity index (χ1) is 17.5. The molecule has 0 radical (unpaired) electrons. The molecule has 1 atom stereocenters. The number of nitrogens with one attached hydrogen (secondary N) is 1. The van der Waals surface area contributed by atoms with Gasteiger partial charge < -0.3 is 10.2 Å². The first-order valence-corrected chi connectivity index (χ1v) is 12.7. The number of hydrogen-bond donors (Lipinski definition) is 1. The van der Waals surface area contributed by atoms with Crippen LogP contribution >= 0.6 is 0 Å². The molecular formula is C32H33N3O. The quantitative estimate of drug-likeness (QED) is 0.371. The summed E-state index contributed by atoms with van der Waals surface area (Å²) in [6, 6.07) is 27.1. The Morgan fingerprint density at radius 2 is 1.78 bits per heavy atom. The maximum atomic E-state index is 13.3. The van der Waals surface area contributed by atoms with E-state index in [1.54, 1.807) is 0 Å². The Morgan fingerprint density at radius 3 is 2.56 bits per heavy atom. The van der Waals surface area contributed by atoms with Crippen molar-refractivity contribution in [3.8, 4) is 0 Å². The topological polar surface area (TPSA) is 45.2 Å². The average Bonchev–Trinajstić information content (AvgIpc) is 2.88. The highest BCUT2D eigenvalue weighted by Crippen LogP contribution is 2.28. The number of benzene rings is 3. The van der Waals surface area contributed by atoms with Crippen molar-refractivity contribution in [2.24, 2.45) is 0 Å². The Bertz CT molecular complexity index is 1380. The summed E-state index contributed by atoms with van der Waals surface area (Å²) in [7, 11) is 0. The molecule has 1 unspecified atom stereocenters. The molecule has 0 saturated carbocycles. The molecule has 0 fully saturated rings. The van der Waals surface area contributed by atoms with Crippen LogP contribution < -0.4 is 10.2 Å². The number of aryl methyl sites for hydroxylation is 3. The lowest BCUT2D eigenvalue weighted by Gasteiger charge is -2.31. The van der Waals surface area contributed by atoms with Crippen molar-refractivity contribution >= 4 is 11.6 Å². The molecule has 1 amide bonds. The van der Waals surface area contributed by atoms with Crippen molar-refractivity contribution in [3.63, 3.8) is 0 Å². The minimum Gasteiger partial charge on any atom is -0.365 e. The summed E-state index contributed by atoms with van der Waals surface area (Å²) in [5.74, 6) is 0.0344. The first kappa shape index (κ1) is 23.8. The van der Waals surface area contributed by atoms with Gasteiger partial charge in [-0.15, -0.1) is 0 Å². The van der Waals surface area contributed by atoms with Gasteiger partial charge in [-0.2, -0.15) is 0 Å². The van der Waals surface area contributed by atoms with Gasteiger partial charge in [0.25, 0.3) is 0 Å². The molecule has 0 spiro atoms. The molecule has 4 aromatic rings. The third-order valence-corrected chi connectivity index (χ3v) is 7.14. The molecule has 4 nitrogen and oxygen atoms in total. The van der Waals surface area contributed by atoms with Crippen LogP contribution in [0, 0.1) is 20.8 Å². The molecule has 182 valence electrons. The van der Waals surface area contributed by atoms with E-state index in [1.807, 2.05) is 30.5 Å². The van der Waals surface area contributed by atoms with Crippen LogP contribution in [0.4, 0.5) is 5.69 Å².